The number of ketones is 2. The van der Waals surface area contributed by atoms with Crippen LogP contribution in [0.4, 0.5) is 13.2 Å². The van der Waals surface area contributed by atoms with Gasteiger partial charge in [-0.2, -0.15) is 0 Å². The van der Waals surface area contributed by atoms with Crippen molar-refractivity contribution in [2.75, 3.05) is 0 Å². The number of carbonyl (C=O) groups is 2. The Hall–Kier alpha value is -3.54. The Bertz CT molecular complexity index is 1200. The summed E-state index contributed by atoms with van der Waals surface area (Å²) >= 11 is 0. The van der Waals surface area contributed by atoms with Crippen molar-refractivity contribution in [2.24, 2.45) is 0 Å². The van der Waals surface area contributed by atoms with E-state index in [1.165, 1.54) is 0 Å². The molecule has 3 aromatic rings. The van der Waals surface area contributed by atoms with Crippen LogP contribution in [0.15, 0.2) is 54.2 Å². The molecule has 1 heterocycles. The number of pyridine rings is 1. The molecule has 0 saturated carbocycles. The van der Waals surface area contributed by atoms with Gasteiger partial charge in [-0.1, -0.05) is 30.3 Å². The van der Waals surface area contributed by atoms with Gasteiger partial charge >= 0.3 is 0 Å². The largest absolute Gasteiger partial charge is 0.288 e. The molecule has 0 fully saturated rings. The number of allylic oxidation sites excluding steroid dienone is 1. The Labute approximate surface area is 150 Å². The molecule has 2 aromatic carbocycles. The summed E-state index contributed by atoms with van der Waals surface area (Å²) in [4.78, 5) is 30.0. The fourth-order valence-electron chi connectivity index (χ4n) is 3.75. The highest BCUT2D eigenvalue weighted by Crippen LogP contribution is 2.47. The first-order valence-corrected chi connectivity index (χ1v) is 8.07. The van der Waals surface area contributed by atoms with Gasteiger partial charge in [0, 0.05) is 29.0 Å². The molecule has 1 aromatic heterocycles. The Morgan fingerprint density at radius 3 is 2.15 bits per heavy atom. The van der Waals surface area contributed by atoms with Gasteiger partial charge in [0.05, 0.1) is 22.4 Å². The van der Waals surface area contributed by atoms with Crippen molar-refractivity contribution < 1.29 is 22.8 Å². The summed E-state index contributed by atoms with van der Waals surface area (Å²) in [5, 5.41) is 0. The maximum absolute atomic E-state index is 14.2. The Balaban J connectivity index is 1.90. The number of hydrogen-bond acceptors (Lipinski definition) is 3. The van der Waals surface area contributed by atoms with Crippen LogP contribution in [0.2, 0.25) is 0 Å². The molecular weight excluding hydrogens is 355 g/mol. The lowest BCUT2D eigenvalue weighted by molar-refractivity contribution is 0.0988. The van der Waals surface area contributed by atoms with Crippen molar-refractivity contribution in [3.05, 3.63) is 93.9 Å². The van der Waals surface area contributed by atoms with E-state index in [4.69, 9.17) is 0 Å². The first-order valence-electron chi connectivity index (χ1n) is 8.07. The number of Topliss-reactive ketones (excluding diaryl/α,β-unsaturated/α-hetero) is 2. The molecule has 2 aliphatic carbocycles. The SMILES string of the molecule is O=C1/C(=C2\c3ccccc3-c3ncccc32)C(=O)c2c(F)c(F)cc(F)c21. The van der Waals surface area contributed by atoms with Crippen LogP contribution in [0.3, 0.4) is 0 Å². The van der Waals surface area contributed by atoms with Crippen molar-refractivity contribution in [1.82, 2.24) is 4.98 Å². The standard InChI is InChI=1S/C21H8F3NO2/c22-12-8-13(23)18(24)16-15(12)20(26)17(21(16)27)14-9-4-1-2-5-10(9)19-11(14)6-3-7-25-19/h1-8H/b17-14-. The van der Waals surface area contributed by atoms with E-state index in [1.807, 2.05) is 0 Å². The molecule has 0 bridgehead atoms. The van der Waals surface area contributed by atoms with Gasteiger partial charge in [0.1, 0.15) is 5.82 Å². The summed E-state index contributed by atoms with van der Waals surface area (Å²) in [5.74, 6) is -6.25. The zero-order valence-corrected chi connectivity index (χ0v) is 13.5. The number of rotatable bonds is 0. The molecule has 27 heavy (non-hydrogen) atoms. The fraction of sp³-hybridized carbons (Fsp3) is 0. The van der Waals surface area contributed by atoms with E-state index in [9.17, 15) is 22.8 Å². The van der Waals surface area contributed by atoms with Gasteiger partial charge in [0.15, 0.2) is 11.6 Å². The summed E-state index contributed by atoms with van der Waals surface area (Å²) in [6.07, 6.45) is 1.57. The lowest BCUT2D eigenvalue weighted by Crippen LogP contribution is -2.05. The molecule has 0 saturated heterocycles. The van der Waals surface area contributed by atoms with Crippen LogP contribution in [0, 0.1) is 17.5 Å². The van der Waals surface area contributed by atoms with Crippen LogP contribution in [0.1, 0.15) is 31.8 Å². The summed E-state index contributed by atoms with van der Waals surface area (Å²) in [6, 6.07) is 10.6. The molecule has 130 valence electrons. The second kappa shape index (κ2) is 5.23. The van der Waals surface area contributed by atoms with Crippen molar-refractivity contribution in [3.63, 3.8) is 0 Å². The van der Waals surface area contributed by atoms with Gasteiger partial charge in [-0.05, 0) is 11.6 Å². The van der Waals surface area contributed by atoms with Crippen LogP contribution in [-0.2, 0) is 0 Å². The highest BCUT2D eigenvalue weighted by molar-refractivity contribution is 6.43. The molecular formula is C21H8F3NO2. The molecule has 0 aliphatic heterocycles. The number of aromatic nitrogens is 1. The molecule has 0 unspecified atom stereocenters. The highest BCUT2D eigenvalue weighted by atomic mass is 19.2. The minimum atomic E-state index is -1.52. The van der Waals surface area contributed by atoms with Gasteiger partial charge in [0.2, 0.25) is 11.6 Å². The first-order chi connectivity index (χ1) is 13.0. The second-order valence-corrected chi connectivity index (χ2v) is 6.26. The lowest BCUT2D eigenvalue weighted by Gasteiger charge is -2.05. The summed E-state index contributed by atoms with van der Waals surface area (Å²) in [6.45, 7) is 0. The molecule has 3 nitrogen and oxygen atoms in total. The van der Waals surface area contributed by atoms with Gasteiger partial charge < -0.3 is 0 Å². The van der Waals surface area contributed by atoms with Gasteiger partial charge in [-0.25, -0.2) is 13.2 Å². The molecule has 5 rings (SSSR count). The maximum atomic E-state index is 14.2. The number of halogens is 3. The number of benzene rings is 2. The van der Waals surface area contributed by atoms with E-state index in [0.29, 0.717) is 22.4 Å². The van der Waals surface area contributed by atoms with E-state index in [-0.39, 0.29) is 17.2 Å². The third-order valence-electron chi connectivity index (χ3n) is 4.86. The normalized spacial score (nSPS) is 17.1. The van der Waals surface area contributed by atoms with Gasteiger partial charge in [-0.15, -0.1) is 0 Å². The summed E-state index contributed by atoms with van der Waals surface area (Å²) in [5.41, 5.74) is 0.679. The third-order valence-corrected chi connectivity index (χ3v) is 4.86. The van der Waals surface area contributed by atoms with E-state index in [0.717, 1.165) is 0 Å². The molecule has 0 atom stereocenters. The number of fused-ring (bicyclic) bond motifs is 4. The predicted octanol–water partition coefficient (Wildman–Crippen LogP) is 4.36. The summed E-state index contributed by atoms with van der Waals surface area (Å²) < 4.78 is 42.0. The monoisotopic (exact) mass is 363 g/mol. The lowest BCUT2D eigenvalue weighted by atomic mass is 9.95. The Morgan fingerprint density at radius 2 is 1.37 bits per heavy atom. The zero-order chi connectivity index (χ0) is 18.9. The molecule has 0 radical (unpaired) electrons. The average Bonchev–Trinajstić information content (AvgIpc) is 3.12. The summed E-state index contributed by atoms with van der Waals surface area (Å²) in [7, 11) is 0. The number of nitrogens with zero attached hydrogens (tertiary/aromatic N) is 1. The van der Waals surface area contributed by atoms with Crippen LogP contribution < -0.4 is 0 Å². The molecule has 0 N–H and O–H groups in total. The highest BCUT2D eigenvalue weighted by Gasteiger charge is 2.43. The van der Waals surface area contributed by atoms with Crippen LogP contribution in [0.5, 0.6) is 0 Å². The van der Waals surface area contributed by atoms with Crippen molar-refractivity contribution in [1.29, 1.82) is 0 Å². The predicted molar refractivity (Wildman–Crippen MR) is 90.7 cm³/mol. The zero-order valence-electron chi connectivity index (χ0n) is 13.5. The van der Waals surface area contributed by atoms with E-state index in [1.54, 1.807) is 42.6 Å². The fourth-order valence-corrected chi connectivity index (χ4v) is 3.75. The molecule has 0 spiro atoms. The van der Waals surface area contributed by atoms with Crippen LogP contribution >= 0.6 is 0 Å². The number of hydrogen-bond donors (Lipinski definition) is 0. The smallest absolute Gasteiger partial charge is 0.201 e. The van der Waals surface area contributed by atoms with Gasteiger partial charge in [-0.3, -0.25) is 14.6 Å². The minimum Gasteiger partial charge on any atom is -0.288 e. The van der Waals surface area contributed by atoms with Crippen molar-refractivity contribution >= 4 is 17.1 Å². The average molecular weight is 363 g/mol. The van der Waals surface area contributed by atoms with Gasteiger partial charge in [0.25, 0.3) is 0 Å². The van der Waals surface area contributed by atoms with E-state index >= 15 is 0 Å². The molecule has 2 aliphatic rings. The van der Waals surface area contributed by atoms with Crippen LogP contribution in [0.25, 0.3) is 16.8 Å². The quantitative estimate of drug-likeness (QED) is 0.265. The van der Waals surface area contributed by atoms with E-state index in [2.05, 4.69) is 4.98 Å². The molecule has 0 amide bonds. The third kappa shape index (κ3) is 1.89. The van der Waals surface area contributed by atoms with Crippen molar-refractivity contribution in [2.45, 2.75) is 0 Å². The second-order valence-electron chi connectivity index (χ2n) is 6.26. The minimum absolute atomic E-state index is 0.263. The van der Waals surface area contributed by atoms with Crippen LogP contribution in [-0.4, -0.2) is 16.6 Å². The maximum Gasteiger partial charge on any atom is 0.201 e. The van der Waals surface area contributed by atoms with E-state index < -0.39 is 40.1 Å². The Kier molecular flexibility index (Phi) is 3.04. The van der Waals surface area contributed by atoms with Crippen molar-refractivity contribution in [3.8, 4) is 11.3 Å². The first kappa shape index (κ1) is 15.7. The number of carbonyl (C=O) groups excluding carboxylic acids is 2. The Morgan fingerprint density at radius 1 is 0.704 bits per heavy atom. The molecule has 6 heteroatoms. The topological polar surface area (TPSA) is 47.0 Å².